The lowest BCUT2D eigenvalue weighted by atomic mass is 10.0. The molecular weight excluding hydrogens is 277 g/mol. The lowest BCUT2D eigenvalue weighted by molar-refractivity contribution is -0.139. The van der Waals surface area contributed by atoms with Gasteiger partial charge < -0.3 is 9.84 Å². The van der Waals surface area contributed by atoms with Crippen molar-refractivity contribution in [2.24, 2.45) is 0 Å². The van der Waals surface area contributed by atoms with Crippen molar-refractivity contribution in [1.29, 1.82) is 0 Å². The maximum absolute atomic E-state index is 12.6. The van der Waals surface area contributed by atoms with Crippen LogP contribution in [0.2, 0.25) is 0 Å². The molecule has 1 N–H and O–H groups in total. The Morgan fingerprint density at radius 3 is 2.50 bits per heavy atom. The summed E-state index contributed by atoms with van der Waals surface area (Å²) in [5.41, 5.74) is -1.37. The van der Waals surface area contributed by atoms with Gasteiger partial charge in [0.1, 0.15) is 0 Å². The van der Waals surface area contributed by atoms with Crippen LogP contribution in [0.3, 0.4) is 0 Å². The molecule has 1 rings (SSSR count). The fraction of sp³-hybridized carbons (Fsp3) is 0.231. The molecule has 20 heavy (non-hydrogen) atoms. The van der Waals surface area contributed by atoms with Crippen LogP contribution in [0.4, 0.5) is 13.2 Å². The first kappa shape index (κ1) is 15.7. The zero-order valence-electron chi connectivity index (χ0n) is 10.4. The van der Waals surface area contributed by atoms with E-state index in [1.54, 1.807) is 0 Å². The first-order valence-electron chi connectivity index (χ1n) is 5.43. The Kier molecular flexibility index (Phi) is 4.90. The molecule has 0 radical (unpaired) electrons. The van der Waals surface area contributed by atoms with E-state index in [2.05, 4.69) is 4.74 Å². The number of hydrogen-bond donors (Lipinski definition) is 1. The number of esters is 1. The van der Waals surface area contributed by atoms with Gasteiger partial charge in [-0.1, -0.05) is 12.2 Å². The van der Waals surface area contributed by atoms with Gasteiger partial charge in [-0.05, 0) is 23.8 Å². The van der Waals surface area contributed by atoms with Gasteiger partial charge in [0.05, 0.1) is 24.7 Å². The number of benzene rings is 1. The Hall–Kier alpha value is -2.31. The van der Waals surface area contributed by atoms with E-state index in [-0.39, 0.29) is 17.5 Å². The zero-order valence-corrected chi connectivity index (χ0v) is 10.4. The highest BCUT2D eigenvalue weighted by atomic mass is 19.4. The van der Waals surface area contributed by atoms with Crippen LogP contribution in [-0.2, 0) is 15.7 Å². The van der Waals surface area contributed by atoms with E-state index < -0.39 is 23.7 Å². The van der Waals surface area contributed by atoms with Gasteiger partial charge in [0, 0.05) is 0 Å². The molecule has 0 saturated carbocycles. The average Bonchev–Trinajstić information content (AvgIpc) is 2.37. The summed E-state index contributed by atoms with van der Waals surface area (Å²) >= 11 is 0. The van der Waals surface area contributed by atoms with Gasteiger partial charge in [-0.3, -0.25) is 4.79 Å². The normalized spacial score (nSPS) is 11.6. The van der Waals surface area contributed by atoms with Crippen LogP contribution in [0.15, 0.2) is 24.3 Å². The highest BCUT2D eigenvalue weighted by Crippen LogP contribution is 2.31. The Balaban J connectivity index is 3.13. The first-order chi connectivity index (χ1) is 9.25. The summed E-state index contributed by atoms with van der Waals surface area (Å²) in [6.45, 7) is 0. The fourth-order valence-electron chi connectivity index (χ4n) is 1.44. The summed E-state index contributed by atoms with van der Waals surface area (Å²) in [6, 6.07) is 2.29. The van der Waals surface area contributed by atoms with E-state index in [4.69, 9.17) is 5.11 Å². The average molecular weight is 288 g/mol. The third kappa shape index (κ3) is 4.11. The minimum Gasteiger partial charge on any atom is -0.478 e. The van der Waals surface area contributed by atoms with E-state index in [1.807, 2.05) is 0 Å². The SMILES string of the molecule is COC(=O)CC=Cc1cc(C(F)(F)F)ccc1C(=O)O. The Morgan fingerprint density at radius 2 is 2.00 bits per heavy atom. The number of carboxylic acid groups (broad SMARTS) is 1. The van der Waals surface area contributed by atoms with Crippen molar-refractivity contribution in [3.05, 3.63) is 41.0 Å². The van der Waals surface area contributed by atoms with E-state index in [0.717, 1.165) is 18.2 Å². The number of carbonyl (C=O) groups excluding carboxylic acids is 1. The van der Waals surface area contributed by atoms with Gasteiger partial charge in [0.2, 0.25) is 0 Å². The molecule has 0 fully saturated rings. The smallest absolute Gasteiger partial charge is 0.416 e. The summed E-state index contributed by atoms with van der Waals surface area (Å²) in [6.07, 6.45) is -2.34. The van der Waals surface area contributed by atoms with Crippen LogP contribution >= 0.6 is 0 Å². The van der Waals surface area contributed by atoms with Crippen LogP contribution in [0.25, 0.3) is 6.08 Å². The molecule has 7 heteroatoms. The van der Waals surface area contributed by atoms with Crippen LogP contribution in [0.5, 0.6) is 0 Å². The molecule has 0 aromatic heterocycles. The van der Waals surface area contributed by atoms with Crippen LogP contribution in [0.1, 0.15) is 27.9 Å². The molecule has 1 aromatic rings. The molecule has 1 aromatic carbocycles. The van der Waals surface area contributed by atoms with Crippen molar-refractivity contribution >= 4 is 18.0 Å². The minimum absolute atomic E-state index is 0.128. The Bertz CT molecular complexity index is 547. The molecule has 0 saturated heterocycles. The van der Waals surface area contributed by atoms with Gasteiger partial charge >= 0.3 is 18.1 Å². The standard InChI is InChI=1S/C13H11F3O4/c1-20-11(17)4-2-3-8-7-9(13(14,15)16)5-6-10(8)12(18)19/h2-3,5-7H,4H2,1H3,(H,18,19). The summed E-state index contributed by atoms with van der Waals surface area (Å²) < 4.78 is 42.0. The van der Waals surface area contributed by atoms with Gasteiger partial charge in [-0.25, -0.2) is 4.79 Å². The predicted molar refractivity (Wildman–Crippen MR) is 64.1 cm³/mol. The zero-order chi connectivity index (χ0) is 15.3. The lowest BCUT2D eigenvalue weighted by Crippen LogP contribution is -2.08. The topological polar surface area (TPSA) is 63.6 Å². The first-order valence-corrected chi connectivity index (χ1v) is 5.43. The number of ether oxygens (including phenoxy) is 1. The molecule has 0 aliphatic rings. The van der Waals surface area contributed by atoms with E-state index in [9.17, 15) is 22.8 Å². The molecule has 4 nitrogen and oxygen atoms in total. The van der Waals surface area contributed by atoms with Crippen LogP contribution in [-0.4, -0.2) is 24.2 Å². The number of rotatable bonds is 4. The summed E-state index contributed by atoms with van der Waals surface area (Å²) in [7, 11) is 1.17. The molecule has 108 valence electrons. The van der Waals surface area contributed by atoms with E-state index >= 15 is 0 Å². The van der Waals surface area contributed by atoms with E-state index in [0.29, 0.717) is 6.07 Å². The van der Waals surface area contributed by atoms with Crippen LogP contribution < -0.4 is 0 Å². The molecule has 0 aliphatic carbocycles. The van der Waals surface area contributed by atoms with Crippen LogP contribution in [0, 0.1) is 0 Å². The number of methoxy groups -OCH3 is 1. The number of halogens is 3. The second-order valence-electron chi connectivity index (χ2n) is 3.79. The molecule has 0 atom stereocenters. The molecule has 0 unspecified atom stereocenters. The van der Waals surface area contributed by atoms with E-state index in [1.165, 1.54) is 13.2 Å². The summed E-state index contributed by atoms with van der Waals surface area (Å²) in [5.74, 6) is -1.93. The largest absolute Gasteiger partial charge is 0.478 e. The van der Waals surface area contributed by atoms with Gasteiger partial charge in [0.25, 0.3) is 0 Å². The number of alkyl halides is 3. The number of hydrogen-bond acceptors (Lipinski definition) is 3. The summed E-state index contributed by atoms with van der Waals surface area (Å²) in [5, 5.41) is 8.91. The van der Waals surface area contributed by atoms with Gasteiger partial charge in [-0.2, -0.15) is 13.2 Å². The predicted octanol–water partition coefficient (Wildman–Crippen LogP) is 2.98. The lowest BCUT2D eigenvalue weighted by Gasteiger charge is -2.09. The van der Waals surface area contributed by atoms with Crippen molar-refractivity contribution in [3.8, 4) is 0 Å². The third-order valence-corrected chi connectivity index (χ3v) is 2.42. The molecule has 0 bridgehead atoms. The third-order valence-electron chi connectivity index (χ3n) is 2.42. The molecule has 0 aliphatic heterocycles. The van der Waals surface area contributed by atoms with Crippen molar-refractivity contribution in [2.45, 2.75) is 12.6 Å². The van der Waals surface area contributed by atoms with Gasteiger partial charge in [0.15, 0.2) is 0 Å². The number of carbonyl (C=O) groups is 2. The van der Waals surface area contributed by atoms with Crippen molar-refractivity contribution in [2.75, 3.05) is 7.11 Å². The second kappa shape index (κ2) is 6.23. The van der Waals surface area contributed by atoms with Crippen molar-refractivity contribution in [1.82, 2.24) is 0 Å². The summed E-state index contributed by atoms with van der Waals surface area (Å²) in [4.78, 5) is 21.8. The monoisotopic (exact) mass is 288 g/mol. The van der Waals surface area contributed by atoms with Gasteiger partial charge in [-0.15, -0.1) is 0 Å². The van der Waals surface area contributed by atoms with Crippen molar-refractivity contribution in [3.63, 3.8) is 0 Å². The maximum Gasteiger partial charge on any atom is 0.416 e. The molecular formula is C13H11F3O4. The number of aromatic carboxylic acids is 1. The Labute approximate surface area is 112 Å². The van der Waals surface area contributed by atoms with Crippen molar-refractivity contribution < 1.29 is 32.6 Å². The second-order valence-corrected chi connectivity index (χ2v) is 3.79. The highest BCUT2D eigenvalue weighted by Gasteiger charge is 2.31. The number of carboxylic acids is 1. The highest BCUT2D eigenvalue weighted by molar-refractivity contribution is 5.92. The molecule has 0 heterocycles. The molecule has 0 amide bonds. The quantitative estimate of drug-likeness (QED) is 0.865. The minimum atomic E-state index is -4.57. The fourth-order valence-corrected chi connectivity index (χ4v) is 1.44. The molecule has 0 spiro atoms. The Morgan fingerprint density at radius 1 is 1.35 bits per heavy atom. The maximum atomic E-state index is 12.6.